The maximum atomic E-state index is 13.0. The summed E-state index contributed by atoms with van der Waals surface area (Å²) >= 11 is 0. The molecule has 0 fully saturated rings. The van der Waals surface area contributed by atoms with Crippen molar-refractivity contribution in [3.63, 3.8) is 0 Å². The summed E-state index contributed by atoms with van der Waals surface area (Å²) in [5.74, 6) is 2.42. The molecule has 0 amide bonds. The minimum atomic E-state index is -0.427. The van der Waals surface area contributed by atoms with Gasteiger partial charge in [0, 0.05) is 11.0 Å². The number of Topliss-reactive ketones (excluding diaryl/α,β-unsaturated/α-hetero) is 1. The van der Waals surface area contributed by atoms with Gasteiger partial charge in [-0.15, -0.1) is 0 Å². The lowest BCUT2D eigenvalue weighted by atomic mass is 9.82. The zero-order valence-electron chi connectivity index (χ0n) is 27.5. The highest BCUT2D eigenvalue weighted by Gasteiger charge is 2.26. The molecule has 0 N–H and O–H groups in total. The molecule has 0 bridgehead atoms. The number of hydrogen-bond donors (Lipinski definition) is 0. The van der Waals surface area contributed by atoms with Crippen LogP contribution in [0.5, 0.6) is 23.0 Å². The lowest BCUT2D eigenvalue weighted by Crippen LogP contribution is -2.23. The van der Waals surface area contributed by atoms with Crippen LogP contribution in [0.25, 0.3) is 0 Å². The Hall–Kier alpha value is -4.38. The number of benzene rings is 4. The topological polar surface area (TPSA) is 61.8 Å². The average Bonchev–Trinajstić information content (AvgIpc) is 2.97. The van der Waals surface area contributed by atoms with Crippen LogP contribution in [-0.4, -0.2) is 17.9 Å². The van der Waals surface area contributed by atoms with E-state index in [4.69, 9.17) is 14.2 Å². The number of aryl methyl sites for hydroxylation is 4. The van der Waals surface area contributed by atoms with Crippen molar-refractivity contribution in [2.75, 3.05) is 0 Å². The fraction of sp³-hybridized carbons (Fsp3) is 0.333. The Kier molecular flexibility index (Phi) is 9.98. The molecule has 0 unspecified atom stereocenters. The van der Waals surface area contributed by atoms with Crippen LogP contribution in [0.3, 0.4) is 0 Å². The normalized spacial score (nSPS) is 11.4. The summed E-state index contributed by atoms with van der Waals surface area (Å²) in [6.45, 7) is 18.1. The Labute approximate surface area is 262 Å². The molecule has 4 aromatic rings. The predicted octanol–water partition coefficient (Wildman–Crippen LogP) is 9.93. The third kappa shape index (κ3) is 7.76. The molecule has 4 rings (SSSR count). The first-order valence-corrected chi connectivity index (χ1v) is 15.3. The Bertz CT molecular complexity index is 1600. The van der Waals surface area contributed by atoms with Gasteiger partial charge >= 0.3 is 5.97 Å². The van der Waals surface area contributed by atoms with E-state index < -0.39 is 11.4 Å². The zero-order valence-corrected chi connectivity index (χ0v) is 27.5. The molecule has 0 heterocycles. The van der Waals surface area contributed by atoms with Gasteiger partial charge in [-0.05, 0) is 136 Å². The fourth-order valence-electron chi connectivity index (χ4n) is 5.27. The number of esters is 1. The van der Waals surface area contributed by atoms with Crippen molar-refractivity contribution in [1.29, 1.82) is 0 Å². The van der Waals surface area contributed by atoms with E-state index in [1.165, 1.54) is 5.56 Å². The van der Waals surface area contributed by atoms with Gasteiger partial charge in [0.15, 0.2) is 5.78 Å². The first kappa shape index (κ1) is 32.5. The van der Waals surface area contributed by atoms with Gasteiger partial charge in [0.2, 0.25) is 0 Å². The van der Waals surface area contributed by atoms with Crippen LogP contribution < -0.4 is 14.2 Å². The standard InChI is InChI=1S/C39H44O5/c1-10-39(8,9)37(40)31-11-15-33(16-12-31)43-34-17-13-32(14-18-34)38(41)44-36-27(6)21-30(22-28(36)7)23-29-19-25(4)35(26(5)20-29)42-24(2)3/h11-22,24H,10,23H2,1-9H3. The van der Waals surface area contributed by atoms with Crippen molar-refractivity contribution in [2.45, 2.75) is 81.3 Å². The Morgan fingerprint density at radius 2 is 1.11 bits per heavy atom. The number of hydrogen-bond acceptors (Lipinski definition) is 5. The van der Waals surface area contributed by atoms with Crippen molar-refractivity contribution in [2.24, 2.45) is 5.41 Å². The van der Waals surface area contributed by atoms with Crippen molar-refractivity contribution in [1.82, 2.24) is 0 Å². The summed E-state index contributed by atoms with van der Waals surface area (Å²) in [7, 11) is 0. The van der Waals surface area contributed by atoms with Crippen LogP contribution >= 0.6 is 0 Å². The second kappa shape index (κ2) is 13.5. The molecule has 0 aliphatic rings. The number of ketones is 1. The summed E-state index contributed by atoms with van der Waals surface area (Å²) in [5, 5.41) is 0. The molecular formula is C39H44O5. The van der Waals surface area contributed by atoms with Crippen LogP contribution in [0, 0.1) is 33.1 Å². The summed E-state index contributed by atoms with van der Waals surface area (Å²) in [6, 6.07) is 22.5. The summed E-state index contributed by atoms with van der Waals surface area (Å²) in [5.41, 5.74) is 7.14. The predicted molar refractivity (Wildman–Crippen MR) is 177 cm³/mol. The molecule has 0 spiro atoms. The lowest BCUT2D eigenvalue weighted by molar-refractivity contribution is 0.0731. The van der Waals surface area contributed by atoms with Crippen molar-refractivity contribution in [3.05, 3.63) is 117 Å². The second-order valence-corrected chi connectivity index (χ2v) is 12.6. The minimum Gasteiger partial charge on any atom is -0.490 e. The number of rotatable bonds is 11. The Morgan fingerprint density at radius 1 is 0.682 bits per heavy atom. The van der Waals surface area contributed by atoms with E-state index >= 15 is 0 Å². The maximum Gasteiger partial charge on any atom is 0.343 e. The molecule has 5 nitrogen and oxygen atoms in total. The second-order valence-electron chi connectivity index (χ2n) is 12.6. The largest absolute Gasteiger partial charge is 0.490 e. The summed E-state index contributed by atoms with van der Waals surface area (Å²) < 4.78 is 17.8. The Morgan fingerprint density at radius 3 is 1.55 bits per heavy atom. The van der Waals surface area contributed by atoms with Gasteiger partial charge in [-0.25, -0.2) is 4.79 Å². The summed E-state index contributed by atoms with van der Waals surface area (Å²) in [6.07, 6.45) is 1.68. The molecular weight excluding hydrogens is 548 g/mol. The molecule has 0 aliphatic heterocycles. The minimum absolute atomic E-state index is 0.113. The number of ether oxygens (including phenoxy) is 3. The molecule has 4 aromatic carbocycles. The van der Waals surface area contributed by atoms with Crippen LogP contribution in [0.15, 0.2) is 72.8 Å². The highest BCUT2D eigenvalue weighted by atomic mass is 16.5. The highest BCUT2D eigenvalue weighted by Crippen LogP contribution is 2.31. The van der Waals surface area contributed by atoms with E-state index in [9.17, 15) is 9.59 Å². The van der Waals surface area contributed by atoms with Crippen LogP contribution in [0.2, 0.25) is 0 Å². The zero-order chi connectivity index (χ0) is 32.2. The van der Waals surface area contributed by atoms with E-state index in [0.29, 0.717) is 28.4 Å². The smallest absolute Gasteiger partial charge is 0.343 e. The first-order chi connectivity index (χ1) is 20.8. The molecule has 0 saturated heterocycles. The maximum absolute atomic E-state index is 13.0. The van der Waals surface area contributed by atoms with Crippen molar-refractivity contribution >= 4 is 11.8 Å². The third-order valence-electron chi connectivity index (χ3n) is 7.94. The molecule has 230 valence electrons. The fourth-order valence-corrected chi connectivity index (χ4v) is 5.27. The van der Waals surface area contributed by atoms with Crippen LogP contribution in [0.4, 0.5) is 0 Å². The Balaban J connectivity index is 1.41. The van der Waals surface area contributed by atoms with Crippen molar-refractivity contribution < 1.29 is 23.8 Å². The van der Waals surface area contributed by atoms with Gasteiger partial charge in [-0.1, -0.05) is 45.0 Å². The highest BCUT2D eigenvalue weighted by molar-refractivity contribution is 6.00. The monoisotopic (exact) mass is 592 g/mol. The SMILES string of the molecule is CCC(C)(C)C(=O)c1ccc(Oc2ccc(C(=O)Oc3c(C)cc(Cc4cc(C)c(OC(C)C)c(C)c4)cc3C)cc2)cc1. The van der Waals surface area contributed by atoms with Gasteiger partial charge in [-0.3, -0.25) is 4.79 Å². The number of carbonyl (C=O) groups excluding carboxylic acids is 2. The van der Waals surface area contributed by atoms with Crippen molar-refractivity contribution in [3.8, 4) is 23.0 Å². The van der Waals surface area contributed by atoms with Crippen LogP contribution in [-0.2, 0) is 6.42 Å². The first-order valence-electron chi connectivity index (χ1n) is 15.3. The van der Waals surface area contributed by atoms with Gasteiger partial charge in [0.05, 0.1) is 11.7 Å². The van der Waals surface area contributed by atoms with E-state index in [-0.39, 0.29) is 11.9 Å². The van der Waals surface area contributed by atoms with Gasteiger partial charge < -0.3 is 14.2 Å². The molecule has 0 aliphatic carbocycles. The molecule has 0 radical (unpaired) electrons. The average molecular weight is 593 g/mol. The quantitative estimate of drug-likeness (QED) is 0.0985. The molecule has 44 heavy (non-hydrogen) atoms. The molecule has 0 atom stereocenters. The van der Waals surface area contributed by atoms with E-state index in [1.807, 2.05) is 48.5 Å². The molecule has 0 saturated carbocycles. The van der Waals surface area contributed by atoms with E-state index in [1.54, 1.807) is 48.5 Å². The summed E-state index contributed by atoms with van der Waals surface area (Å²) in [4.78, 5) is 25.8. The van der Waals surface area contributed by atoms with E-state index in [0.717, 1.165) is 46.4 Å². The van der Waals surface area contributed by atoms with Crippen LogP contribution in [0.1, 0.15) is 95.1 Å². The van der Waals surface area contributed by atoms with E-state index in [2.05, 4.69) is 38.1 Å². The van der Waals surface area contributed by atoms with Gasteiger partial charge in [0.1, 0.15) is 23.0 Å². The number of carbonyl (C=O) groups is 2. The lowest BCUT2D eigenvalue weighted by Gasteiger charge is -2.20. The molecule has 0 aromatic heterocycles. The molecule has 5 heteroatoms. The van der Waals surface area contributed by atoms with Gasteiger partial charge in [-0.2, -0.15) is 0 Å². The third-order valence-corrected chi connectivity index (χ3v) is 7.94. The van der Waals surface area contributed by atoms with Gasteiger partial charge in [0.25, 0.3) is 0 Å².